The van der Waals surface area contributed by atoms with Gasteiger partial charge in [0.05, 0.1) is 5.92 Å². The molecule has 4 nitrogen and oxygen atoms in total. The highest BCUT2D eigenvalue weighted by Gasteiger charge is 2.32. The summed E-state index contributed by atoms with van der Waals surface area (Å²) in [6.45, 7) is 0. The molecule has 2 N–H and O–H groups in total. The van der Waals surface area contributed by atoms with Crippen LogP contribution in [0.3, 0.4) is 0 Å². The van der Waals surface area contributed by atoms with E-state index in [9.17, 15) is 9.59 Å². The summed E-state index contributed by atoms with van der Waals surface area (Å²) in [6.07, 6.45) is 0.657. The molecule has 25 heavy (non-hydrogen) atoms. The van der Waals surface area contributed by atoms with E-state index in [1.165, 1.54) is 0 Å². The van der Waals surface area contributed by atoms with Gasteiger partial charge >= 0.3 is 0 Å². The summed E-state index contributed by atoms with van der Waals surface area (Å²) in [5, 5.41) is 2.64. The molecule has 5 heteroatoms. The number of carbonyl (C=O) groups is 2. The monoisotopic (exact) mass is 350 g/mol. The van der Waals surface area contributed by atoms with Crippen molar-refractivity contribution in [1.29, 1.82) is 0 Å². The topological polar surface area (TPSA) is 58.2 Å². The van der Waals surface area contributed by atoms with Crippen molar-refractivity contribution in [1.82, 2.24) is 10.9 Å². The average Bonchev–Trinajstić information content (AvgIpc) is 2.62. The highest BCUT2D eigenvalue weighted by atomic mass is 35.5. The molecular formula is C20H15ClN2O2. The third kappa shape index (κ3) is 2.96. The van der Waals surface area contributed by atoms with Crippen LogP contribution in [0.4, 0.5) is 0 Å². The van der Waals surface area contributed by atoms with Crippen molar-refractivity contribution in [3.8, 4) is 0 Å². The quantitative estimate of drug-likeness (QED) is 0.694. The van der Waals surface area contributed by atoms with E-state index in [1.807, 2.05) is 42.5 Å². The Morgan fingerprint density at radius 1 is 0.920 bits per heavy atom. The average molecular weight is 351 g/mol. The standard InChI is InChI=1S/C20H15ClN2O2/c21-16-8-7-14-10-18(17(14)11-16)20(25)23-22-19(24)15-6-5-12-3-1-2-4-13(12)9-15/h1-9,11,18H,10H2,(H,22,24)(H,23,25). The van der Waals surface area contributed by atoms with E-state index in [-0.39, 0.29) is 17.7 Å². The first-order chi connectivity index (χ1) is 12.1. The van der Waals surface area contributed by atoms with Crippen LogP contribution in [0.1, 0.15) is 27.4 Å². The van der Waals surface area contributed by atoms with Crippen LogP contribution in [0.2, 0.25) is 5.02 Å². The molecule has 0 fully saturated rings. The summed E-state index contributed by atoms with van der Waals surface area (Å²) < 4.78 is 0. The number of carbonyl (C=O) groups excluding carboxylic acids is 2. The number of halogens is 1. The molecule has 0 spiro atoms. The fourth-order valence-corrected chi connectivity index (χ4v) is 3.30. The van der Waals surface area contributed by atoms with Gasteiger partial charge in [0.1, 0.15) is 0 Å². The molecule has 2 amide bonds. The fourth-order valence-electron chi connectivity index (χ4n) is 3.12. The van der Waals surface area contributed by atoms with Crippen LogP contribution in [-0.4, -0.2) is 11.8 Å². The van der Waals surface area contributed by atoms with Gasteiger partial charge in [-0.1, -0.05) is 48.0 Å². The SMILES string of the molecule is O=C(NNC(=O)C1Cc2ccc(Cl)cc21)c1ccc2ccccc2c1. The Kier molecular flexibility index (Phi) is 3.90. The van der Waals surface area contributed by atoms with E-state index in [0.29, 0.717) is 17.0 Å². The van der Waals surface area contributed by atoms with Crippen molar-refractivity contribution in [2.24, 2.45) is 0 Å². The Morgan fingerprint density at radius 3 is 2.56 bits per heavy atom. The molecule has 1 aliphatic carbocycles. The van der Waals surface area contributed by atoms with Crippen LogP contribution in [0.15, 0.2) is 60.7 Å². The first-order valence-electron chi connectivity index (χ1n) is 7.99. The largest absolute Gasteiger partial charge is 0.273 e. The molecule has 3 aromatic rings. The van der Waals surface area contributed by atoms with Crippen LogP contribution in [-0.2, 0) is 11.2 Å². The number of hydrogen-bond donors (Lipinski definition) is 2. The number of hydrogen-bond acceptors (Lipinski definition) is 2. The first-order valence-corrected chi connectivity index (χ1v) is 8.37. The van der Waals surface area contributed by atoms with E-state index < -0.39 is 0 Å². The molecule has 0 saturated carbocycles. The molecule has 0 heterocycles. The zero-order valence-corrected chi connectivity index (χ0v) is 14.0. The van der Waals surface area contributed by atoms with Gasteiger partial charge in [0, 0.05) is 10.6 Å². The lowest BCUT2D eigenvalue weighted by molar-refractivity contribution is -0.123. The predicted octanol–water partition coefficient (Wildman–Crippen LogP) is 3.59. The van der Waals surface area contributed by atoms with Gasteiger partial charge in [-0.25, -0.2) is 0 Å². The minimum atomic E-state index is -0.343. The van der Waals surface area contributed by atoms with E-state index in [4.69, 9.17) is 11.6 Å². The molecule has 4 rings (SSSR count). The highest BCUT2D eigenvalue weighted by molar-refractivity contribution is 6.30. The lowest BCUT2D eigenvalue weighted by Gasteiger charge is -2.29. The van der Waals surface area contributed by atoms with Gasteiger partial charge in [-0.2, -0.15) is 0 Å². The van der Waals surface area contributed by atoms with Crippen LogP contribution >= 0.6 is 11.6 Å². The number of benzene rings is 3. The second-order valence-corrected chi connectivity index (χ2v) is 6.54. The second kappa shape index (κ2) is 6.22. The number of nitrogens with one attached hydrogen (secondary N) is 2. The predicted molar refractivity (Wildman–Crippen MR) is 97.5 cm³/mol. The number of rotatable bonds is 2. The van der Waals surface area contributed by atoms with E-state index >= 15 is 0 Å². The zero-order valence-electron chi connectivity index (χ0n) is 13.3. The van der Waals surface area contributed by atoms with Crippen LogP contribution in [0.5, 0.6) is 0 Å². The van der Waals surface area contributed by atoms with Gasteiger partial charge in [-0.15, -0.1) is 0 Å². The molecule has 0 radical (unpaired) electrons. The lowest BCUT2D eigenvalue weighted by atomic mass is 9.77. The number of amides is 2. The minimum absolute atomic E-state index is 0.232. The molecule has 0 bridgehead atoms. The second-order valence-electron chi connectivity index (χ2n) is 6.11. The zero-order chi connectivity index (χ0) is 17.4. The summed E-state index contributed by atoms with van der Waals surface area (Å²) in [5.41, 5.74) is 7.53. The summed E-state index contributed by atoms with van der Waals surface area (Å²) in [5.74, 6) is -0.848. The lowest BCUT2D eigenvalue weighted by Crippen LogP contribution is -2.46. The fraction of sp³-hybridized carbons (Fsp3) is 0.100. The summed E-state index contributed by atoms with van der Waals surface area (Å²) in [7, 11) is 0. The summed E-state index contributed by atoms with van der Waals surface area (Å²) in [4.78, 5) is 24.6. The van der Waals surface area contributed by atoms with Gasteiger partial charge < -0.3 is 0 Å². The highest BCUT2D eigenvalue weighted by Crippen LogP contribution is 2.36. The smallest absolute Gasteiger partial charge is 0.269 e. The van der Waals surface area contributed by atoms with Crippen molar-refractivity contribution >= 4 is 34.2 Å². The maximum Gasteiger partial charge on any atom is 0.269 e. The van der Waals surface area contributed by atoms with Gasteiger partial charge in [0.25, 0.3) is 5.91 Å². The molecule has 0 saturated heterocycles. The van der Waals surface area contributed by atoms with Crippen molar-refractivity contribution < 1.29 is 9.59 Å². The van der Waals surface area contributed by atoms with Gasteiger partial charge in [-0.3, -0.25) is 20.4 Å². The Balaban J connectivity index is 1.42. The number of hydrazine groups is 1. The number of fused-ring (bicyclic) bond motifs is 2. The third-order valence-electron chi connectivity index (χ3n) is 4.53. The van der Waals surface area contributed by atoms with Crippen molar-refractivity contribution in [2.45, 2.75) is 12.3 Å². The maximum atomic E-state index is 12.3. The Bertz CT molecular complexity index is 1000. The van der Waals surface area contributed by atoms with Crippen LogP contribution in [0, 0.1) is 0 Å². The normalized spacial score (nSPS) is 15.2. The van der Waals surface area contributed by atoms with Gasteiger partial charge in [0.2, 0.25) is 5.91 Å². The van der Waals surface area contributed by atoms with Crippen molar-refractivity contribution in [2.75, 3.05) is 0 Å². The Hall–Kier alpha value is -2.85. The molecule has 0 aliphatic heterocycles. The molecule has 1 unspecified atom stereocenters. The van der Waals surface area contributed by atoms with Crippen LogP contribution < -0.4 is 10.9 Å². The van der Waals surface area contributed by atoms with Gasteiger partial charge in [0.15, 0.2) is 0 Å². The molecule has 1 atom stereocenters. The minimum Gasteiger partial charge on any atom is -0.273 e. The first kappa shape index (κ1) is 15.7. The third-order valence-corrected chi connectivity index (χ3v) is 4.77. The molecule has 0 aromatic heterocycles. The van der Waals surface area contributed by atoms with E-state index in [0.717, 1.165) is 21.9 Å². The molecule has 124 valence electrons. The Labute approximate surface area is 149 Å². The van der Waals surface area contributed by atoms with E-state index in [2.05, 4.69) is 10.9 Å². The molecule has 3 aromatic carbocycles. The maximum absolute atomic E-state index is 12.3. The summed E-state index contributed by atoms with van der Waals surface area (Å²) in [6, 6.07) is 18.8. The summed E-state index contributed by atoms with van der Waals surface area (Å²) >= 11 is 5.97. The Morgan fingerprint density at radius 2 is 1.72 bits per heavy atom. The molecule has 1 aliphatic rings. The van der Waals surface area contributed by atoms with Crippen LogP contribution in [0.25, 0.3) is 10.8 Å². The van der Waals surface area contributed by atoms with E-state index in [1.54, 1.807) is 18.2 Å². The molecular weight excluding hydrogens is 336 g/mol. The van der Waals surface area contributed by atoms with Gasteiger partial charge in [-0.05, 0) is 52.6 Å². The van der Waals surface area contributed by atoms with Crippen molar-refractivity contribution in [3.63, 3.8) is 0 Å². The van der Waals surface area contributed by atoms with Crippen molar-refractivity contribution in [3.05, 3.63) is 82.4 Å².